The number of aliphatic hydroxyl groups excluding tert-OH is 2. The van der Waals surface area contributed by atoms with Crippen LogP contribution in [0.15, 0.2) is 36.5 Å². The molecule has 1 unspecified atom stereocenters. The van der Waals surface area contributed by atoms with Crippen LogP contribution in [0.25, 0.3) is 0 Å². The number of allylic oxidation sites excluding steroid dienone is 4. The highest BCUT2D eigenvalue weighted by molar-refractivity contribution is 5.70. The van der Waals surface area contributed by atoms with Gasteiger partial charge in [-0.3, -0.25) is 9.59 Å². The maximum atomic E-state index is 12.1. The topological polar surface area (TPSA) is 93.1 Å². The summed E-state index contributed by atoms with van der Waals surface area (Å²) in [7, 11) is 0. The predicted molar refractivity (Wildman–Crippen MR) is 179 cm³/mol. The summed E-state index contributed by atoms with van der Waals surface area (Å²) in [4.78, 5) is 24.1. The van der Waals surface area contributed by atoms with Crippen LogP contribution in [0, 0.1) is 0 Å². The van der Waals surface area contributed by atoms with Gasteiger partial charge in [-0.1, -0.05) is 147 Å². The highest BCUT2D eigenvalue weighted by Gasteiger charge is 2.16. The van der Waals surface area contributed by atoms with Crippen molar-refractivity contribution in [2.45, 2.75) is 174 Å². The summed E-state index contributed by atoms with van der Waals surface area (Å²) < 4.78 is 10.5. The number of hydrogen-bond acceptors (Lipinski definition) is 6. The molecule has 0 aromatic carbocycles. The van der Waals surface area contributed by atoms with E-state index >= 15 is 0 Å². The van der Waals surface area contributed by atoms with Gasteiger partial charge in [0.05, 0.1) is 12.7 Å². The Labute approximate surface area is 264 Å². The van der Waals surface area contributed by atoms with Crippen LogP contribution in [0.2, 0.25) is 0 Å². The quantitative estimate of drug-likeness (QED) is 0.0353. The van der Waals surface area contributed by atoms with Gasteiger partial charge in [-0.15, -0.1) is 0 Å². The van der Waals surface area contributed by atoms with E-state index in [9.17, 15) is 19.8 Å². The second-order valence-corrected chi connectivity index (χ2v) is 11.8. The van der Waals surface area contributed by atoms with Crippen LogP contribution in [-0.4, -0.2) is 47.6 Å². The maximum Gasteiger partial charge on any atom is 0.306 e. The van der Waals surface area contributed by atoms with Gasteiger partial charge in [0.15, 0.2) is 6.10 Å². The van der Waals surface area contributed by atoms with Crippen LogP contribution in [-0.2, 0) is 19.1 Å². The first-order valence-electron chi connectivity index (χ1n) is 17.7. The number of hydrogen-bond donors (Lipinski definition) is 2. The first kappa shape index (κ1) is 41.1. The first-order valence-corrected chi connectivity index (χ1v) is 17.7. The highest BCUT2D eigenvalue weighted by Crippen LogP contribution is 2.14. The predicted octanol–water partition coefficient (Wildman–Crippen LogP) is 9.48. The van der Waals surface area contributed by atoms with Gasteiger partial charge in [-0.2, -0.15) is 0 Å². The normalized spacial score (nSPS) is 13.3. The fourth-order valence-corrected chi connectivity index (χ4v) is 4.82. The molecule has 2 N–H and O–H groups in total. The Morgan fingerprint density at radius 1 is 0.651 bits per heavy atom. The van der Waals surface area contributed by atoms with Crippen LogP contribution in [0.4, 0.5) is 0 Å². The van der Waals surface area contributed by atoms with E-state index in [2.05, 4.69) is 26.0 Å². The first-order chi connectivity index (χ1) is 21.0. The molecule has 0 aliphatic rings. The third-order valence-corrected chi connectivity index (χ3v) is 7.53. The molecule has 0 aliphatic carbocycles. The fourth-order valence-electron chi connectivity index (χ4n) is 4.82. The van der Waals surface area contributed by atoms with Gasteiger partial charge >= 0.3 is 11.9 Å². The number of rotatable bonds is 31. The van der Waals surface area contributed by atoms with Gasteiger partial charge in [0.2, 0.25) is 0 Å². The average Bonchev–Trinajstić information content (AvgIpc) is 3.00. The molecule has 6 heteroatoms. The lowest BCUT2D eigenvalue weighted by molar-refractivity contribution is -0.161. The molecular formula is C37H66O6. The van der Waals surface area contributed by atoms with Crippen molar-refractivity contribution in [2.75, 3.05) is 13.2 Å². The molecule has 0 saturated heterocycles. The van der Waals surface area contributed by atoms with E-state index in [1.165, 1.54) is 64.2 Å². The van der Waals surface area contributed by atoms with Crippen LogP contribution >= 0.6 is 0 Å². The SMILES string of the molecule is CC/C=C/CC(O)/C=C/C=C/CCCCCCCC(=O)OC[C@H](CO)OC(=O)CCCCCCCCCCCCCCC. The molecule has 250 valence electrons. The van der Waals surface area contributed by atoms with Crippen molar-refractivity contribution in [3.05, 3.63) is 36.5 Å². The zero-order valence-corrected chi connectivity index (χ0v) is 27.8. The number of unbranched alkanes of at least 4 members (excludes halogenated alkanes) is 17. The average molecular weight is 607 g/mol. The third kappa shape index (κ3) is 31.3. The van der Waals surface area contributed by atoms with E-state index in [1.807, 2.05) is 24.3 Å². The van der Waals surface area contributed by atoms with Crippen LogP contribution < -0.4 is 0 Å². The zero-order valence-electron chi connectivity index (χ0n) is 27.8. The van der Waals surface area contributed by atoms with Crippen molar-refractivity contribution in [1.82, 2.24) is 0 Å². The molecule has 0 aromatic rings. The van der Waals surface area contributed by atoms with Gasteiger partial charge in [0.25, 0.3) is 0 Å². The van der Waals surface area contributed by atoms with E-state index in [4.69, 9.17) is 9.47 Å². The van der Waals surface area contributed by atoms with Crippen molar-refractivity contribution >= 4 is 11.9 Å². The van der Waals surface area contributed by atoms with Crippen molar-refractivity contribution < 1.29 is 29.3 Å². The molecule has 0 heterocycles. The monoisotopic (exact) mass is 606 g/mol. The van der Waals surface area contributed by atoms with E-state index in [-0.39, 0.29) is 25.2 Å². The molecular weight excluding hydrogens is 540 g/mol. The minimum Gasteiger partial charge on any atom is -0.462 e. The summed E-state index contributed by atoms with van der Waals surface area (Å²) in [6.45, 7) is 3.89. The van der Waals surface area contributed by atoms with Gasteiger partial charge < -0.3 is 19.7 Å². The molecule has 0 amide bonds. The molecule has 0 fully saturated rings. The Hall–Kier alpha value is -1.92. The van der Waals surface area contributed by atoms with Crippen molar-refractivity contribution in [2.24, 2.45) is 0 Å². The van der Waals surface area contributed by atoms with Crippen LogP contribution in [0.5, 0.6) is 0 Å². The molecule has 6 nitrogen and oxygen atoms in total. The molecule has 2 atom stereocenters. The Balaban J connectivity index is 3.65. The summed E-state index contributed by atoms with van der Waals surface area (Å²) in [6, 6.07) is 0. The maximum absolute atomic E-state index is 12.1. The molecule has 0 rings (SSSR count). The number of carbonyl (C=O) groups is 2. The Morgan fingerprint density at radius 3 is 1.74 bits per heavy atom. The van der Waals surface area contributed by atoms with Gasteiger partial charge in [-0.05, 0) is 38.5 Å². The zero-order chi connectivity index (χ0) is 31.6. The Kier molecular flexibility index (Phi) is 31.5. The summed E-state index contributed by atoms with van der Waals surface area (Å²) >= 11 is 0. The van der Waals surface area contributed by atoms with Crippen LogP contribution in [0.3, 0.4) is 0 Å². The molecule has 0 spiro atoms. The third-order valence-electron chi connectivity index (χ3n) is 7.53. The van der Waals surface area contributed by atoms with Crippen molar-refractivity contribution in [3.63, 3.8) is 0 Å². The van der Waals surface area contributed by atoms with Gasteiger partial charge in [-0.25, -0.2) is 0 Å². The molecule has 0 aliphatic heterocycles. The minimum atomic E-state index is -0.789. The van der Waals surface area contributed by atoms with Crippen molar-refractivity contribution in [3.8, 4) is 0 Å². The second kappa shape index (κ2) is 33.0. The summed E-state index contributed by atoms with van der Waals surface area (Å²) in [6.07, 6.45) is 35.3. The fraction of sp³-hybridized carbons (Fsp3) is 0.784. The molecule has 43 heavy (non-hydrogen) atoms. The lowest BCUT2D eigenvalue weighted by Crippen LogP contribution is -2.28. The van der Waals surface area contributed by atoms with E-state index in [0.717, 1.165) is 64.2 Å². The molecule has 0 radical (unpaired) electrons. The van der Waals surface area contributed by atoms with Crippen molar-refractivity contribution in [1.29, 1.82) is 0 Å². The minimum absolute atomic E-state index is 0.0904. The Morgan fingerprint density at radius 2 is 1.19 bits per heavy atom. The highest BCUT2D eigenvalue weighted by atomic mass is 16.6. The van der Waals surface area contributed by atoms with Gasteiger partial charge in [0, 0.05) is 12.8 Å². The standard InChI is InChI=1S/C37H66O6/c1-3-5-7-8-9-10-11-12-13-16-20-23-27-31-37(41)43-35(32-38)33-42-36(40)30-26-22-19-17-14-15-18-21-25-29-34(39)28-24-6-4-2/h6,18,21,24-25,29,34-35,38-39H,3-5,7-17,19-20,22-23,26-28,30-33H2,1-2H3/b21-18+,24-6+,29-25+/t34?,35-/m0/s1. The summed E-state index contributed by atoms with van der Waals surface area (Å²) in [5, 5.41) is 19.3. The number of aliphatic hydroxyl groups is 2. The molecule has 0 bridgehead atoms. The number of carbonyl (C=O) groups excluding carboxylic acids is 2. The molecule has 0 saturated carbocycles. The van der Waals surface area contributed by atoms with Gasteiger partial charge in [0.1, 0.15) is 6.61 Å². The van der Waals surface area contributed by atoms with Crippen LogP contribution in [0.1, 0.15) is 162 Å². The lowest BCUT2D eigenvalue weighted by atomic mass is 10.0. The smallest absolute Gasteiger partial charge is 0.306 e. The number of esters is 2. The Bertz CT molecular complexity index is 714. The lowest BCUT2D eigenvalue weighted by Gasteiger charge is -2.15. The van der Waals surface area contributed by atoms with E-state index in [0.29, 0.717) is 19.3 Å². The number of ether oxygens (including phenoxy) is 2. The summed E-state index contributed by atoms with van der Waals surface area (Å²) in [5.41, 5.74) is 0. The molecule has 0 aromatic heterocycles. The summed E-state index contributed by atoms with van der Waals surface area (Å²) in [5.74, 6) is -0.644. The van der Waals surface area contributed by atoms with E-state index < -0.39 is 12.2 Å². The second-order valence-electron chi connectivity index (χ2n) is 11.8. The largest absolute Gasteiger partial charge is 0.462 e. The van der Waals surface area contributed by atoms with E-state index in [1.54, 1.807) is 0 Å².